The topological polar surface area (TPSA) is 127 Å². The minimum absolute atomic E-state index is 0.159. The first kappa shape index (κ1) is 17.9. The standard InChI is InChI=1S/C17H14ClN5O3S/c18-11-3-1-9(27-11)2-4-12-21-16(19)13-17(22-12)23(7-20-13)10-5-8(6-24)14(25)15(10)26/h1,3,6-8,10,14-15,25-26H,5H2,(H2,19,21,22). The summed E-state index contributed by atoms with van der Waals surface area (Å²) in [6.07, 6.45) is 0.151. The summed E-state index contributed by atoms with van der Waals surface area (Å²) in [7, 11) is 0. The number of aliphatic hydroxyl groups excluding tert-OH is 2. The number of nitrogens with zero attached hydrogens (tertiary/aromatic N) is 4. The first-order chi connectivity index (χ1) is 13.0. The molecule has 3 heterocycles. The number of hydrogen-bond donors (Lipinski definition) is 3. The predicted octanol–water partition coefficient (Wildman–Crippen LogP) is 1.00. The Morgan fingerprint density at radius 2 is 2.11 bits per heavy atom. The Balaban J connectivity index is 1.75. The lowest BCUT2D eigenvalue weighted by atomic mass is 10.1. The van der Waals surface area contributed by atoms with Gasteiger partial charge in [0.2, 0.25) is 5.82 Å². The molecular weight excluding hydrogens is 390 g/mol. The molecule has 4 rings (SSSR count). The van der Waals surface area contributed by atoms with Crippen molar-refractivity contribution in [2.24, 2.45) is 5.92 Å². The Bertz CT molecular complexity index is 1090. The van der Waals surface area contributed by atoms with Crippen LogP contribution >= 0.6 is 22.9 Å². The molecule has 0 amide bonds. The Morgan fingerprint density at radius 3 is 2.78 bits per heavy atom. The molecule has 1 aliphatic carbocycles. The van der Waals surface area contributed by atoms with Crippen LogP contribution in [0.1, 0.15) is 23.2 Å². The molecule has 1 fully saturated rings. The van der Waals surface area contributed by atoms with Gasteiger partial charge in [0.15, 0.2) is 11.5 Å². The molecule has 0 radical (unpaired) electrons. The zero-order valence-corrected chi connectivity index (χ0v) is 15.4. The lowest BCUT2D eigenvalue weighted by Gasteiger charge is -2.18. The molecular formula is C17H14ClN5O3S. The maximum absolute atomic E-state index is 11.1. The number of fused-ring (bicyclic) bond motifs is 1. The highest BCUT2D eigenvalue weighted by Gasteiger charge is 2.43. The van der Waals surface area contributed by atoms with E-state index >= 15 is 0 Å². The van der Waals surface area contributed by atoms with Crippen LogP contribution in [0.15, 0.2) is 18.5 Å². The highest BCUT2D eigenvalue weighted by atomic mass is 35.5. The van der Waals surface area contributed by atoms with Crippen molar-refractivity contribution in [3.05, 3.63) is 33.5 Å². The summed E-state index contributed by atoms with van der Waals surface area (Å²) < 4.78 is 2.24. The van der Waals surface area contributed by atoms with Crippen molar-refractivity contribution in [3.8, 4) is 11.8 Å². The molecule has 0 aromatic carbocycles. The number of aromatic nitrogens is 4. The van der Waals surface area contributed by atoms with Crippen LogP contribution < -0.4 is 5.73 Å². The van der Waals surface area contributed by atoms with Crippen LogP contribution in [0, 0.1) is 17.8 Å². The molecule has 10 heteroatoms. The maximum atomic E-state index is 11.1. The van der Waals surface area contributed by atoms with E-state index in [1.165, 1.54) is 17.7 Å². The fourth-order valence-corrected chi connectivity index (χ4v) is 4.09. The fraction of sp³-hybridized carbons (Fsp3) is 0.294. The maximum Gasteiger partial charge on any atom is 0.209 e. The molecule has 0 spiro atoms. The van der Waals surface area contributed by atoms with Crippen molar-refractivity contribution in [1.82, 2.24) is 19.5 Å². The molecule has 0 saturated heterocycles. The van der Waals surface area contributed by atoms with Gasteiger partial charge < -0.3 is 25.3 Å². The largest absolute Gasteiger partial charge is 0.390 e. The molecule has 8 nitrogen and oxygen atoms in total. The number of anilines is 1. The monoisotopic (exact) mass is 403 g/mol. The van der Waals surface area contributed by atoms with Crippen LogP contribution in [-0.2, 0) is 4.79 Å². The first-order valence-corrected chi connectivity index (χ1v) is 9.26. The van der Waals surface area contributed by atoms with Crippen LogP contribution in [0.25, 0.3) is 11.2 Å². The van der Waals surface area contributed by atoms with Gasteiger partial charge >= 0.3 is 0 Å². The predicted molar refractivity (Wildman–Crippen MR) is 100 cm³/mol. The van der Waals surface area contributed by atoms with E-state index in [1.54, 1.807) is 16.7 Å². The molecule has 4 N–H and O–H groups in total. The number of nitrogen functional groups attached to an aromatic ring is 1. The summed E-state index contributed by atoms with van der Waals surface area (Å²) in [5.74, 6) is 5.48. The van der Waals surface area contributed by atoms with Gasteiger partial charge in [0, 0.05) is 5.92 Å². The summed E-state index contributed by atoms with van der Waals surface area (Å²) in [5, 5.41) is 20.3. The number of imidazole rings is 1. The summed E-state index contributed by atoms with van der Waals surface area (Å²) in [5.41, 5.74) is 6.74. The van der Waals surface area contributed by atoms with Crippen LogP contribution in [0.4, 0.5) is 5.82 Å². The summed E-state index contributed by atoms with van der Waals surface area (Å²) in [6, 6.07) is 2.99. The number of nitrogens with two attached hydrogens (primary N) is 1. The third-order valence-corrected chi connectivity index (χ3v) is 5.69. The van der Waals surface area contributed by atoms with E-state index in [2.05, 4.69) is 26.8 Å². The second kappa shape index (κ2) is 6.90. The number of rotatable bonds is 2. The average molecular weight is 404 g/mol. The van der Waals surface area contributed by atoms with Crippen LogP contribution in [0.2, 0.25) is 4.34 Å². The molecule has 1 aliphatic rings. The van der Waals surface area contributed by atoms with Gasteiger partial charge in [-0.05, 0) is 30.4 Å². The average Bonchev–Trinajstić information content (AvgIpc) is 3.33. The molecule has 0 bridgehead atoms. The zero-order valence-electron chi connectivity index (χ0n) is 13.8. The van der Waals surface area contributed by atoms with Gasteiger partial charge in [0.1, 0.15) is 17.9 Å². The number of carbonyl (C=O) groups is 1. The van der Waals surface area contributed by atoms with Crippen LogP contribution in [0.3, 0.4) is 0 Å². The second-order valence-electron chi connectivity index (χ2n) is 6.19. The minimum atomic E-state index is -1.13. The molecule has 1 saturated carbocycles. The summed E-state index contributed by atoms with van der Waals surface area (Å²) in [6.45, 7) is 0. The first-order valence-electron chi connectivity index (χ1n) is 8.06. The second-order valence-corrected chi connectivity index (χ2v) is 7.91. The highest BCUT2D eigenvalue weighted by molar-refractivity contribution is 7.16. The minimum Gasteiger partial charge on any atom is -0.390 e. The lowest BCUT2D eigenvalue weighted by Crippen LogP contribution is -2.29. The van der Waals surface area contributed by atoms with Crippen molar-refractivity contribution >= 4 is 46.2 Å². The van der Waals surface area contributed by atoms with Crippen molar-refractivity contribution in [2.45, 2.75) is 24.7 Å². The van der Waals surface area contributed by atoms with Gasteiger partial charge in [0.25, 0.3) is 0 Å². The summed E-state index contributed by atoms with van der Waals surface area (Å²) >= 11 is 7.23. The third kappa shape index (κ3) is 3.17. The van der Waals surface area contributed by atoms with E-state index in [0.717, 1.165) is 4.88 Å². The third-order valence-electron chi connectivity index (χ3n) is 4.55. The molecule has 3 aromatic rings. The van der Waals surface area contributed by atoms with Crippen molar-refractivity contribution < 1.29 is 15.0 Å². The van der Waals surface area contributed by atoms with E-state index in [-0.39, 0.29) is 18.1 Å². The number of aldehydes is 1. The van der Waals surface area contributed by atoms with Crippen molar-refractivity contribution in [2.75, 3.05) is 5.73 Å². The smallest absolute Gasteiger partial charge is 0.209 e. The van der Waals surface area contributed by atoms with Crippen LogP contribution in [-0.4, -0.2) is 48.2 Å². The quantitative estimate of drug-likeness (QED) is 0.430. The highest BCUT2D eigenvalue weighted by Crippen LogP contribution is 2.36. The van der Waals surface area contributed by atoms with Gasteiger partial charge in [-0.3, -0.25) is 0 Å². The molecule has 138 valence electrons. The van der Waals surface area contributed by atoms with Gasteiger partial charge in [-0.15, -0.1) is 11.3 Å². The number of halogens is 1. The lowest BCUT2D eigenvalue weighted by molar-refractivity contribution is -0.114. The number of carbonyl (C=O) groups excluding carboxylic acids is 1. The Kier molecular flexibility index (Phi) is 4.57. The number of hydrogen-bond acceptors (Lipinski definition) is 8. The van der Waals surface area contributed by atoms with Crippen molar-refractivity contribution in [1.29, 1.82) is 0 Å². The molecule has 0 aliphatic heterocycles. The van der Waals surface area contributed by atoms with Crippen LogP contribution in [0.5, 0.6) is 0 Å². The van der Waals surface area contributed by atoms with E-state index in [9.17, 15) is 15.0 Å². The summed E-state index contributed by atoms with van der Waals surface area (Å²) in [4.78, 5) is 24.6. The molecule has 27 heavy (non-hydrogen) atoms. The Hall–Kier alpha value is -2.51. The number of thiophene rings is 1. The molecule has 3 aromatic heterocycles. The van der Waals surface area contributed by atoms with Gasteiger partial charge in [-0.1, -0.05) is 11.6 Å². The van der Waals surface area contributed by atoms with Gasteiger partial charge in [0.05, 0.1) is 27.7 Å². The van der Waals surface area contributed by atoms with E-state index in [4.69, 9.17) is 17.3 Å². The van der Waals surface area contributed by atoms with E-state index in [1.807, 2.05) is 0 Å². The Labute approximate surface area is 162 Å². The molecule has 4 atom stereocenters. The van der Waals surface area contributed by atoms with Gasteiger partial charge in [-0.25, -0.2) is 15.0 Å². The van der Waals surface area contributed by atoms with Crippen molar-refractivity contribution in [3.63, 3.8) is 0 Å². The van der Waals surface area contributed by atoms with E-state index < -0.39 is 24.2 Å². The van der Waals surface area contributed by atoms with E-state index in [0.29, 0.717) is 21.8 Å². The normalized spacial score (nSPS) is 24.7. The zero-order chi connectivity index (χ0) is 19.1. The SMILES string of the molecule is Nc1nc(C#Cc2ccc(Cl)s2)nc2c1ncn2C1CC(C=O)C(O)C1O. The molecule has 4 unspecified atom stereocenters. The fourth-order valence-electron chi connectivity index (χ4n) is 3.19. The number of aliphatic hydroxyl groups is 2. The van der Waals surface area contributed by atoms with Gasteiger partial charge in [-0.2, -0.15) is 0 Å². The Morgan fingerprint density at radius 1 is 1.30 bits per heavy atom.